The van der Waals surface area contributed by atoms with E-state index in [0.29, 0.717) is 28.7 Å². The number of carbonyl (C=O) groups is 2. The molecule has 0 fully saturated rings. The highest BCUT2D eigenvalue weighted by Gasteiger charge is 2.19. The van der Waals surface area contributed by atoms with Crippen molar-refractivity contribution in [1.29, 1.82) is 0 Å². The normalized spacial score (nSPS) is 12.0. The number of benzene rings is 2. The Balaban J connectivity index is 1.91. The molecule has 36 heavy (non-hydrogen) atoms. The Kier molecular flexibility index (Phi) is 9.22. The van der Waals surface area contributed by atoms with Crippen LogP contribution in [0.3, 0.4) is 0 Å². The van der Waals surface area contributed by atoms with Crippen LogP contribution in [-0.4, -0.2) is 42.2 Å². The second-order valence-corrected chi connectivity index (χ2v) is 9.99. The van der Waals surface area contributed by atoms with E-state index in [4.69, 9.17) is 4.74 Å². The topological polar surface area (TPSA) is 96.5 Å². The number of aromatic nitrogens is 2. The first-order valence-corrected chi connectivity index (χ1v) is 12.4. The predicted octanol–water partition coefficient (Wildman–Crippen LogP) is 6.06. The Morgan fingerprint density at radius 1 is 0.889 bits per heavy atom. The van der Waals surface area contributed by atoms with Gasteiger partial charge < -0.3 is 20.3 Å². The van der Waals surface area contributed by atoms with E-state index in [1.165, 1.54) is 7.11 Å². The van der Waals surface area contributed by atoms with Crippen molar-refractivity contribution >= 4 is 40.1 Å². The Hall–Kier alpha value is -3.68. The number of fused-ring (bicyclic) bond motifs is 1. The van der Waals surface area contributed by atoms with Crippen molar-refractivity contribution < 1.29 is 14.3 Å². The number of urea groups is 1. The van der Waals surface area contributed by atoms with E-state index in [9.17, 15) is 9.59 Å². The van der Waals surface area contributed by atoms with Gasteiger partial charge in [-0.1, -0.05) is 40.7 Å². The molecule has 1 unspecified atom stereocenters. The monoisotopic (exact) mass is 491 g/mol. The second-order valence-electron chi connectivity index (χ2n) is 9.99. The highest BCUT2D eigenvalue weighted by molar-refractivity contribution is 6.02. The van der Waals surface area contributed by atoms with Crippen LogP contribution in [0.2, 0.25) is 0 Å². The van der Waals surface area contributed by atoms with Gasteiger partial charge in [-0.3, -0.25) is 14.8 Å². The van der Waals surface area contributed by atoms with Gasteiger partial charge in [0.15, 0.2) is 0 Å². The summed E-state index contributed by atoms with van der Waals surface area (Å²) < 4.78 is 4.85. The molecule has 0 aliphatic heterocycles. The fraction of sp³-hybridized carbons (Fsp3) is 0.429. The largest absolute Gasteiger partial charge is 0.469 e. The Bertz CT molecular complexity index is 1180. The van der Waals surface area contributed by atoms with E-state index in [0.717, 1.165) is 29.9 Å². The number of carbonyl (C=O) groups excluding carboxylic acids is 2. The zero-order chi connectivity index (χ0) is 26.2. The van der Waals surface area contributed by atoms with Crippen LogP contribution in [0.5, 0.6) is 0 Å². The minimum atomic E-state index is -0.355. The van der Waals surface area contributed by atoms with Gasteiger partial charge in [0.2, 0.25) is 0 Å². The fourth-order valence-electron chi connectivity index (χ4n) is 4.17. The smallest absolute Gasteiger partial charge is 0.323 e. The van der Waals surface area contributed by atoms with Gasteiger partial charge in [0.1, 0.15) is 0 Å². The predicted molar refractivity (Wildman–Crippen MR) is 146 cm³/mol. The SMILES string of the molecule is COC(=O)CC(C)c1ccc(N(CC(C)C)CC(C)C)c(NC(=O)Nc2ccc3nccnc3c2)c1. The molecule has 8 heteroatoms. The van der Waals surface area contributed by atoms with Gasteiger partial charge in [0, 0.05) is 31.2 Å². The number of anilines is 3. The molecule has 0 aliphatic carbocycles. The molecule has 0 saturated carbocycles. The van der Waals surface area contributed by atoms with Crippen LogP contribution in [0.25, 0.3) is 11.0 Å². The zero-order valence-corrected chi connectivity index (χ0v) is 22.0. The van der Waals surface area contributed by atoms with Gasteiger partial charge in [0.05, 0.1) is 35.9 Å². The summed E-state index contributed by atoms with van der Waals surface area (Å²) >= 11 is 0. The first-order valence-electron chi connectivity index (χ1n) is 12.4. The molecule has 1 heterocycles. The molecule has 3 aromatic rings. The number of methoxy groups -OCH3 is 1. The van der Waals surface area contributed by atoms with Crippen LogP contribution in [0.4, 0.5) is 21.9 Å². The van der Waals surface area contributed by atoms with Crippen LogP contribution >= 0.6 is 0 Å². The molecule has 1 atom stereocenters. The van der Waals surface area contributed by atoms with Crippen LogP contribution in [-0.2, 0) is 9.53 Å². The number of nitrogens with zero attached hydrogens (tertiary/aromatic N) is 3. The van der Waals surface area contributed by atoms with E-state index in [2.05, 4.69) is 53.2 Å². The van der Waals surface area contributed by atoms with Crippen LogP contribution in [0.15, 0.2) is 48.8 Å². The molecule has 2 amide bonds. The molecule has 2 N–H and O–H groups in total. The molecule has 0 bridgehead atoms. The van der Waals surface area contributed by atoms with E-state index < -0.39 is 0 Å². The summed E-state index contributed by atoms with van der Waals surface area (Å²) in [6, 6.07) is 11.1. The van der Waals surface area contributed by atoms with Crippen molar-refractivity contribution in [2.75, 3.05) is 35.7 Å². The fourth-order valence-corrected chi connectivity index (χ4v) is 4.17. The lowest BCUT2D eigenvalue weighted by Gasteiger charge is -2.31. The number of hydrogen-bond acceptors (Lipinski definition) is 6. The van der Waals surface area contributed by atoms with E-state index in [-0.39, 0.29) is 24.3 Å². The summed E-state index contributed by atoms with van der Waals surface area (Å²) in [6.07, 6.45) is 3.52. The molecule has 1 aromatic heterocycles. The molecule has 2 aromatic carbocycles. The molecule has 0 spiro atoms. The van der Waals surface area contributed by atoms with Crippen molar-refractivity contribution in [3.63, 3.8) is 0 Å². The molecule has 0 radical (unpaired) electrons. The summed E-state index contributed by atoms with van der Waals surface area (Å²) in [7, 11) is 1.39. The summed E-state index contributed by atoms with van der Waals surface area (Å²) in [5.74, 6) is 0.571. The number of esters is 1. The van der Waals surface area contributed by atoms with Gasteiger partial charge in [-0.25, -0.2) is 4.79 Å². The lowest BCUT2D eigenvalue weighted by Crippen LogP contribution is -2.32. The molecule has 8 nitrogen and oxygen atoms in total. The lowest BCUT2D eigenvalue weighted by molar-refractivity contribution is -0.140. The van der Waals surface area contributed by atoms with Crippen molar-refractivity contribution in [3.05, 3.63) is 54.4 Å². The van der Waals surface area contributed by atoms with Crippen LogP contribution < -0.4 is 15.5 Å². The quantitative estimate of drug-likeness (QED) is 0.335. The van der Waals surface area contributed by atoms with Crippen LogP contribution in [0, 0.1) is 11.8 Å². The van der Waals surface area contributed by atoms with E-state index in [1.54, 1.807) is 24.5 Å². The molecule has 0 saturated heterocycles. The second kappa shape index (κ2) is 12.3. The standard InChI is InChI=1S/C28H37N5O3/c1-18(2)16-33(17-19(3)4)26-10-7-21(20(5)13-27(34)36-6)14-25(26)32-28(35)31-22-8-9-23-24(15-22)30-12-11-29-23/h7-12,14-15,18-20H,13,16-17H2,1-6H3,(H2,31,32,35). The van der Waals surface area contributed by atoms with Gasteiger partial charge in [-0.15, -0.1) is 0 Å². The third-order valence-electron chi connectivity index (χ3n) is 5.78. The van der Waals surface area contributed by atoms with Gasteiger partial charge >= 0.3 is 12.0 Å². The molecular weight excluding hydrogens is 454 g/mol. The first kappa shape index (κ1) is 26.9. The third kappa shape index (κ3) is 7.41. The Morgan fingerprint density at radius 3 is 2.19 bits per heavy atom. The number of rotatable bonds is 10. The summed E-state index contributed by atoms with van der Waals surface area (Å²) in [5.41, 5.74) is 4.69. The van der Waals surface area contributed by atoms with Crippen molar-refractivity contribution in [2.24, 2.45) is 11.8 Å². The van der Waals surface area contributed by atoms with E-state index in [1.807, 2.05) is 31.2 Å². The number of nitrogens with one attached hydrogen (secondary N) is 2. The van der Waals surface area contributed by atoms with E-state index >= 15 is 0 Å². The van der Waals surface area contributed by atoms with Gasteiger partial charge in [-0.2, -0.15) is 0 Å². The number of amides is 2. The van der Waals surface area contributed by atoms with Gasteiger partial charge in [0.25, 0.3) is 0 Å². The maximum absolute atomic E-state index is 13.1. The number of hydrogen-bond donors (Lipinski definition) is 2. The average Bonchev–Trinajstić information content (AvgIpc) is 2.82. The lowest BCUT2D eigenvalue weighted by atomic mass is 9.96. The highest BCUT2D eigenvalue weighted by Crippen LogP contribution is 2.32. The minimum Gasteiger partial charge on any atom is -0.469 e. The summed E-state index contributed by atoms with van der Waals surface area (Å²) in [5, 5.41) is 5.96. The van der Waals surface area contributed by atoms with Crippen LogP contribution in [0.1, 0.15) is 52.5 Å². The maximum Gasteiger partial charge on any atom is 0.323 e. The van der Waals surface area contributed by atoms with Crippen molar-refractivity contribution in [1.82, 2.24) is 9.97 Å². The molecule has 3 rings (SSSR count). The summed E-state index contributed by atoms with van der Waals surface area (Å²) in [4.78, 5) is 35.8. The molecule has 192 valence electrons. The third-order valence-corrected chi connectivity index (χ3v) is 5.78. The van der Waals surface area contributed by atoms with Crippen molar-refractivity contribution in [3.8, 4) is 0 Å². The average molecular weight is 492 g/mol. The summed E-state index contributed by atoms with van der Waals surface area (Å²) in [6.45, 7) is 12.4. The zero-order valence-electron chi connectivity index (χ0n) is 22.0. The van der Waals surface area contributed by atoms with Gasteiger partial charge in [-0.05, 0) is 53.6 Å². The number of ether oxygens (including phenoxy) is 1. The van der Waals surface area contributed by atoms with Crippen molar-refractivity contribution in [2.45, 2.75) is 47.0 Å². The highest BCUT2D eigenvalue weighted by atomic mass is 16.5. The first-order chi connectivity index (χ1) is 17.2. The molecule has 0 aliphatic rings. The Labute approximate surface area is 213 Å². The molecular formula is C28H37N5O3. The Morgan fingerprint density at radius 2 is 1.56 bits per heavy atom. The minimum absolute atomic E-state index is 0.0576. The maximum atomic E-state index is 13.1.